The second-order valence-corrected chi connectivity index (χ2v) is 4.21. The van der Waals surface area contributed by atoms with Gasteiger partial charge in [-0.3, -0.25) is 0 Å². The van der Waals surface area contributed by atoms with Gasteiger partial charge in [0.05, 0.1) is 17.6 Å². The van der Waals surface area contributed by atoms with Crippen LogP contribution in [0.1, 0.15) is 17.2 Å². The van der Waals surface area contributed by atoms with Crippen molar-refractivity contribution in [1.29, 1.82) is 0 Å². The highest BCUT2D eigenvalue weighted by Gasteiger charge is 2.06. The van der Waals surface area contributed by atoms with Crippen LogP contribution in [0, 0.1) is 13.8 Å². The fourth-order valence-electron chi connectivity index (χ4n) is 1.89. The lowest BCUT2D eigenvalue weighted by atomic mass is 10.4. The summed E-state index contributed by atoms with van der Waals surface area (Å²) in [5.74, 6) is 1.72. The van der Waals surface area contributed by atoms with Crippen LogP contribution in [0.3, 0.4) is 0 Å². The molecule has 0 saturated carbocycles. The van der Waals surface area contributed by atoms with E-state index in [4.69, 9.17) is 0 Å². The number of aromatic nitrogens is 5. The molecule has 0 aliphatic carbocycles. The van der Waals surface area contributed by atoms with Crippen molar-refractivity contribution in [3.63, 3.8) is 0 Å². The van der Waals surface area contributed by atoms with E-state index in [-0.39, 0.29) is 0 Å². The Morgan fingerprint density at radius 1 is 1.28 bits per heavy atom. The molecule has 0 amide bonds. The molecule has 0 radical (unpaired) electrons. The molecule has 0 fully saturated rings. The smallest absolute Gasteiger partial charge is 0.142 e. The van der Waals surface area contributed by atoms with Crippen LogP contribution in [0.4, 0.5) is 5.82 Å². The number of hydrogen-bond donors (Lipinski definition) is 3. The van der Waals surface area contributed by atoms with Gasteiger partial charge in [-0.25, -0.2) is 15.0 Å². The van der Waals surface area contributed by atoms with Gasteiger partial charge in [0, 0.05) is 11.9 Å². The average Bonchev–Trinajstić information content (AvgIpc) is 2.94. The number of anilines is 1. The van der Waals surface area contributed by atoms with Gasteiger partial charge in [-0.1, -0.05) is 0 Å². The zero-order chi connectivity index (χ0) is 12.5. The quantitative estimate of drug-likeness (QED) is 0.655. The number of nitrogens with zero attached hydrogens (tertiary/aromatic N) is 3. The van der Waals surface area contributed by atoms with E-state index in [1.54, 1.807) is 6.33 Å². The maximum atomic E-state index is 4.42. The summed E-state index contributed by atoms with van der Waals surface area (Å²) >= 11 is 0. The van der Waals surface area contributed by atoms with E-state index in [2.05, 4.69) is 30.2 Å². The highest BCUT2D eigenvalue weighted by Crippen LogP contribution is 2.17. The van der Waals surface area contributed by atoms with Gasteiger partial charge < -0.3 is 15.3 Å². The third-order valence-electron chi connectivity index (χ3n) is 2.95. The molecule has 3 N–H and O–H groups in total. The third kappa shape index (κ3) is 1.81. The molecule has 0 unspecified atom stereocenters. The summed E-state index contributed by atoms with van der Waals surface area (Å²) in [6.45, 7) is 4.62. The molecule has 3 rings (SSSR count). The lowest BCUT2D eigenvalue weighted by molar-refractivity contribution is 0.977. The van der Waals surface area contributed by atoms with Crippen molar-refractivity contribution in [2.45, 2.75) is 20.4 Å². The summed E-state index contributed by atoms with van der Waals surface area (Å²) in [4.78, 5) is 19.1. The standard InChI is InChI=1S/C12H14N6/c1-7-8(2)18-10(17-7)5-14-12-9-3-4-13-11(9)15-6-16-12/h3-4,6H,5H2,1-2H3,(H,17,18)(H2,13,14,15,16). The van der Waals surface area contributed by atoms with Crippen molar-refractivity contribution in [1.82, 2.24) is 24.9 Å². The minimum Gasteiger partial charge on any atom is -0.362 e. The molecule has 0 aliphatic rings. The Morgan fingerprint density at radius 2 is 2.17 bits per heavy atom. The Bertz CT molecular complexity index is 661. The molecule has 0 saturated heterocycles. The first-order valence-electron chi connectivity index (χ1n) is 5.78. The van der Waals surface area contributed by atoms with E-state index in [0.29, 0.717) is 6.54 Å². The van der Waals surface area contributed by atoms with E-state index in [1.807, 2.05) is 26.1 Å². The van der Waals surface area contributed by atoms with Crippen LogP contribution in [0.5, 0.6) is 0 Å². The first-order chi connectivity index (χ1) is 8.74. The third-order valence-corrected chi connectivity index (χ3v) is 2.95. The number of imidazole rings is 1. The van der Waals surface area contributed by atoms with Gasteiger partial charge >= 0.3 is 0 Å². The summed E-state index contributed by atoms with van der Waals surface area (Å²) < 4.78 is 0. The average molecular weight is 242 g/mol. The van der Waals surface area contributed by atoms with Crippen molar-refractivity contribution in [2.75, 3.05) is 5.32 Å². The second-order valence-electron chi connectivity index (χ2n) is 4.21. The molecular weight excluding hydrogens is 228 g/mol. The number of hydrogen-bond acceptors (Lipinski definition) is 4. The predicted octanol–water partition coefficient (Wildman–Crippen LogP) is 1.91. The van der Waals surface area contributed by atoms with Crippen molar-refractivity contribution in [2.24, 2.45) is 0 Å². The molecule has 0 bridgehead atoms. The highest BCUT2D eigenvalue weighted by atomic mass is 15.1. The molecule has 0 atom stereocenters. The molecule has 3 aromatic rings. The minimum absolute atomic E-state index is 0.617. The molecule has 0 spiro atoms. The Morgan fingerprint density at radius 3 is 2.94 bits per heavy atom. The number of nitrogens with one attached hydrogen (secondary N) is 3. The highest BCUT2D eigenvalue weighted by molar-refractivity contribution is 5.86. The summed E-state index contributed by atoms with van der Waals surface area (Å²) in [5.41, 5.74) is 2.96. The fourth-order valence-corrected chi connectivity index (χ4v) is 1.89. The number of aromatic amines is 2. The molecule has 92 valence electrons. The van der Waals surface area contributed by atoms with Crippen molar-refractivity contribution in [3.8, 4) is 0 Å². The maximum absolute atomic E-state index is 4.42. The fraction of sp³-hybridized carbons (Fsp3) is 0.250. The van der Waals surface area contributed by atoms with Crippen LogP contribution in [0.25, 0.3) is 11.0 Å². The van der Waals surface area contributed by atoms with Gasteiger partial charge in [0.2, 0.25) is 0 Å². The van der Waals surface area contributed by atoms with Gasteiger partial charge in [-0.2, -0.15) is 0 Å². The van der Waals surface area contributed by atoms with Crippen LogP contribution in [-0.4, -0.2) is 24.9 Å². The largest absolute Gasteiger partial charge is 0.362 e. The monoisotopic (exact) mass is 242 g/mol. The SMILES string of the molecule is Cc1nc(CNc2ncnc3[nH]ccc23)[nH]c1C. The summed E-state index contributed by atoms with van der Waals surface area (Å²) in [5, 5.41) is 4.25. The van der Waals surface area contributed by atoms with Gasteiger partial charge in [-0.15, -0.1) is 0 Å². The van der Waals surface area contributed by atoms with Crippen LogP contribution in [0.15, 0.2) is 18.6 Å². The topological polar surface area (TPSA) is 82.3 Å². The Hall–Kier alpha value is -2.37. The van der Waals surface area contributed by atoms with E-state index >= 15 is 0 Å². The molecule has 0 aromatic carbocycles. The minimum atomic E-state index is 0.617. The zero-order valence-corrected chi connectivity index (χ0v) is 10.3. The van der Waals surface area contributed by atoms with E-state index < -0.39 is 0 Å². The van der Waals surface area contributed by atoms with Crippen molar-refractivity contribution >= 4 is 16.9 Å². The summed E-state index contributed by atoms with van der Waals surface area (Å²) in [6.07, 6.45) is 3.39. The van der Waals surface area contributed by atoms with Crippen LogP contribution in [0.2, 0.25) is 0 Å². The first-order valence-corrected chi connectivity index (χ1v) is 5.78. The predicted molar refractivity (Wildman–Crippen MR) is 69.3 cm³/mol. The maximum Gasteiger partial charge on any atom is 0.142 e. The number of aryl methyl sites for hydroxylation is 2. The lowest BCUT2D eigenvalue weighted by Crippen LogP contribution is -2.03. The Labute approximate surface area is 104 Å². The molecule has 3 aromatic heterocycles. The zero-order valence-electron chi connectivity index (χ0n) is 10.3. The van der Waals surface area contributed by atoms with Gasteiger partial charge in [0.1, 0.15) is 23.6 Å². The first kappa shape index (κ1) is 10.8. The Kier molecular flexibility index (Phi) is 2.47. The lowest BCUT2D eigenvalue weighted by Gasteiger charge is -2.03. The number of rotatable bonds is 3. The van der Waals surface area contributed by atoms with Crippen molar-refractivity contribution < 1.29 is 0 Å². The number of H-pyrrole nitrogens is 2. The molecule has 3 heterocycles. The molecule has 0 aliphatic heterocycles. The number of fused-ring (bicyclic) bond motifs is 1. The molecule has 6 nitrogen and oxygen atoms in total. The second kappa shape index (κ2) is 4.14. The van der Waals surface area contributed by atoms with Crippen LogP contribution in [-0.2, 0) is 6.54 Å². The van der Waals surface area contributed by atoms with Crippen LogP contribution < -0.4 is 5.32 Å². The van der Waals surface area contributed by atoms with E-state index in [9.17, 15) is 0 Å². The van der Waals surface area contributed by atoms with E-state index in [0.717, 1.165) is 34.1 Å². The van der Waals surface area contributed by atoms with Gasteiger partial charge in [-0.05, 0) is 19.9 Å². The molecular formula is C12H14N6. The van der Waals surface area contributed by atoms with Gasteiger partial charge in [0.15, 0.2) is 0 Å². The van der Waals surface area contributed by atoms with Gasteiger partial charge in [0.25, 0.3) is 0 Å². The molecule has 18 heavy (non-hydrogen) atoms. The van der Waals surface area contributed by atoms with E-state index in [1.165, 1.54) is 0 Å². The molecule has 6 heteroatoms. The van der Waals surface area contributed by atoms with Crippen LogP contribution >= 0.6 is 0 Å². The van der Waals surface area contributed by atoms with Crippen molar-refractivity contribution in [3.05, 3.63) is 35.8 Å². The summed E-state index contributed by atoms with van der Waals surface area (Å²) in [7, 11) is 0. The Balaban J connectivity index is 1.82. The summed E-state index contributed by atoms with van der Waals surface area (Å²) in [6, 6.07) is 1.95. The normalized spacial score (nSPS) is 11.0.